The van der Waals surface area contributed by atoms with Crippen molar-refractivity contribution in [3.8, 4) is 0 Å². The number of carbonyl (C=O) groups excluding carboxylic acids is 3. The first-order valence-corrected chi connectivity index (χ1v) is 8.09. The number of piperidine rings is 1. The summed E-state index contributed by atoms with van der Waals surface area (Å²) >= 11 is 0. The van der Waals surface area contributed by atoms with E-state index in [0.717, 1.165) is 17.9 Å². The lowest BCUT2D eigenvalue weighted by Gasteiger charge is -2.27. The molecular formula is C15H25N3O6. The highest BCUT2D eigenvalue weighted by atomic mass is 16.6. The van der Waals surface area contributed by atoms with Gasteiger partial charge in [0.2, 0.25) is 0 Å². The summed E-state index contributed by atoms with van der Waals surface area (Å²) in [5, 5.41) is 3.82. The van der Waals surface area contributed by atoms with E-state index in [0.29, 0.717) is 18.7 Å². The van der Waals surface area contributed by atoms with Crippen LogP contribution in [0, 0.1) is 0 Å². The minimum atomic E-state index is -0.895. The average Bonchev–Trinajstić information content (AvgIpc) is 2.56. The topological polar surface area (TPSA) is 106 Å². The first kappa shape index (κ1) is 19.6. The van der Waals surface area contributed by atoms with Crippen LogP contribution in [-0.2, 0) is 19.0 Å². The van der Waals surface area contributed by atoms with E-state index in [1.54, 1.807) is 20.8 Å². The minimum Gasteiger partial charge on any atom is -0.461 e. The predicted octanol–water partition coefficient (Wildman–Crippen LogP) is 1.65. The third kappa shape index (κ3) is 5.64. The van der Waals surface area contributed by atoms with E-state index in [1.807, 2.05) is 0 Å². The molecule has 2 N–H and O–H groups in total. The van der Waals surface area contributed by atoms with Crippen LogP contribution in [0.1, 0.15) is 40.0 Å². The van der Waals surface area contributed by atoms with Crippen LogP contribution in [0.15, 0.2) is 11.4 Å². The van der Waals surface area contributed by atoms with Crippen molar-refractivity contribution in [3.05, 3.63) is 11.4 Å². The Morgan fingerprint density at radius 1 is 1.04 bits per heavy atom. The molecule has 0 aromatic heterocycles. The highest BCUT2D eigenvalue weighted by molar-refractivity contribution is 5.93. The Balaban J connectivity index is 3.19. The molecule has 0 aromatic rings. The third-order valence-corrected chi connectivity index (χ3v) is 3.10. The molecule has 0 aromatic carbocycles. The monoisotopic (exact) mass is 343 g/mol. The third-order valence-electron chi connectivity index (χ3n) is 3.10. The summed E-state index contributed by atoms with van der Waals surface area (Å²) in [6.45, 7) is 5.89. The van der Waals surface area contributed by atoms with E-state index in [9.17, 15) is 14.4 Å². The zero-order valence-corrected chi connectivity index (χ0v) is 14.3. The van der Waals surface area contributed by atoms with Gasteiger partial charge in [0.15, 0.2) is 5.70 Å². The van der Waals surface area contributed by atoms with Gasteiger partial charge in [-0.2, -0.15) is 5.01 Å². The lowest BCUT2D eigenvalue weighted by Crippen LogP contribution is -2.49. The molecule has 0 aliphatic carbocycles. The zero-order valence-electron chi connectivity index (χ0n) is 14.3. The predicted molar refractivity (Wildman–Crippen MR) is 84.5 cm³/mol. The molecular weight excluding hydrogens is 318 g/mol. The second kappa shape index (κ2) is 10.3. The Morgan fingerprint density at radius 3 is 2.25 bits per heavy atom. The van der Waals surface area contributed by atoms with Crippen LogP contribution in [0.4, 0.5) is 9.59 Å². The highest BCUT2D eigenvalue weighted by Crippen LogP contribution is 2.19. The molecule has 0 bridgehead atoms. The molecule has 24 heavy (non-hydrogen) atoms. The first-order chi connectivity index (χ1) is 11.5. The molecule has 0 spiro atoms. The summed E-state index contributed by atoms with van der Waals surface area (Å²) in [5.41, 5.74) is 2.66. The summed E-state index contributed by atoms with van der Waals surface area (Å²) in [6, 6.07) is 0. The molecule has 136 valence electrons. The van der Waals surface area contributed by atoms with E-state index in [1.165, 1.54) is 0 Å². The molecule has 0 radical (unpaired) electrons. The van der Waals surface area contributed by atoms with Crippen molar-refractivity contribution < 1.29 is 28.6 Å². The van der Waals surface area contributed by atoms with Crippen LogP contribution in [0.5, 0.6) is 0 Å². The van der Waals surface area contributed by atoms with Gasteiger partial charge in [0.25, 0.3) is 0 Å². The van der Waals surface area contributed by atoms with Gasteiger partial charge in [-0.1, -0.05) is 0 Å². The van der Waals surface area contributed by atoms with Gasteiger partial charge in [-0.3, -0.25) is 0 Å². The highest BCUT2D eigenvalue weighted by Gasteiger charge is 2.32. The molecule has 1 heterocycles. The Morgan fingerprint density at radius 2 is 1.71 bits per heavy atom. The SMILES string of the molecule is CCOC(=O)NN(C(=O)OCC)/C(C(=O)OCC)=C1\CCCCN1. The summed E-state index contributed by atoms with van der Waals surface area (Å²) in [4.78, 5) is 36.4. The maximum Gasteiger partial charge on any atom is 0.433 e. The lowest BCUT2D eigenvalue weighted by atomic mass is 10.1. The summed E-state index contributed by atoms with van der Waals surface area (Å²) in [7, 11) is 0. The summed E-state index contributed by atoms with van der Waals surface area (Å²) in [5.74, 6) is -0.730. The molecule has 9 heteroatoms. The second-order valence-electron chi connectivity index (χ2n) is 4.80. The van der Waals surface area contributed by atoms with Gasteiger partial charge in [-0.15, -0.1) is 0 Å². The van der Waals surface area contributed by atoms with Crippen LogP contribution in [0.2, 0.25) is 0 Å². The largest absolute Gasteiger partial charge is 0.461 e. The normalized spacial score (nSPS) is 15.6. The number of hydrogen-bond donors (Lipinski definition) is 2. The number of esters is 1. The molecule has 1 fully saturated rings. The fraction of sp³-hybridized carbons (Fsp3) is 0.667. The van der Waals surface area contributed by atoms with Crippen molar-refractivity contribution >= 4 is 18.2 Å². The number of hydrazine groups is 1. The second-order valence-corrected chi connectivity index (χ2v) is 4.80. The average molecular weight is 343 g/mol. The Labute approximate surface area is 141 Å². The molecule has 1 saturated heterocycles. The van der Waals surface area contributed by atoms with Gasteiger partial charge < -0.3 is 19.5 Å². The van der Waals surface area contributed by atoms with E-state index in [2.05, 4.69) is 10.7 Å². The van der Waals surface area contributed by atoms with Gasteiger partial charge in [0, 0.05) is 12.2 Å². The van der Waals surface area contributed by atoms with E-state index in [-0.39, 0.29) is 25.5 Å². The molecule has 0 saturated carbocycles. The number of allylic oxidation sites excluding steroid dienone is 1. The number of amides is 2. The molecule has 1 rings (SSSR count). The van der Waals surface area contributed by atoms with Crippen LogP contribution in [0.25, 0.3) is 0 Å². The fourth-order valence-corrected chi connectivity index (χ4v) is 2.14. The number of hydrogen-bond acceptors (Lipinski definition) is 7. The Kier molecular flexibility index (Phi) is 8.45. The van der Waals surface area contributed by atoms with Crippen molar-refractivity contribution in [1.29, 1.82) is 0 Å². The van der Waals surface area contributed by atoms with E-state index < -0.39 is 18.2 Å². The standard InChI is InChI=1S/C15H25N3O6/c1-4-22-13(19)12(11-9-7-8-10-16-11)18(15(21)24-6-3)17-14(20)23-5-2/h16H,4-10H2,1-3H3,(H,17,20)/b12-11+. The number of rotatable bonds is 5. The molecule has 0 unspecified atom stereocenters. The van der Waals surface area contributed by atoms with Crippen molar-refractivity contribution in [2.24, 2.45) is 0 Å². The Bertz CT molecular complexity index is 484. The van der Waals surface area contributed by atoms with Crippen LogP contribution >= 0.6 is 0 Å². The van der Waals surface area contributed by atoms with Crippen LogP contribution < -0.4 is 10.7 Å². The minimum absolute atomic E-state index is 0.0820. The summed E-state index contributed by atoms with van der Waals surface area (Å²) < 4.78 is 14.7. The zero-order chi connectivity index (χ0) is 17.9. The van der Waals surface area contributed by atoms with Crippen molar-refractivity contribution in [2.75, 3.05) is 26.4 Å². The van der Waals surface area contributed by atoms with Gasteiger partial charge in [-0.05, 0) is 40.0 Å². The van der Waals surface area contributed by atoms with Gasteiger partial charge >= 0.3 is 18.2 Å². The van der Waals surface area contributed by atoms with Gasteiger partial charge in [0.1, 0.15) is 0 Å². The van der Waals surface area contributed by atoms with Gasteiger partial charge in [0.05, 0.1) is 19.8 Å². The fourth-order valence-electron chi connectivity index (χ4n) is 2.14. The van der Waals surface area contributed by atoms with Crippen molar-refractivity contribution in [3.63, 3.8) is 0 Å². The number of carbonyl (C=O) groups is 3. The van der Waals surface area contributed by atoms with Crippen molar-refractivity contribution in [2.45, 2.75) is 40.0 Å². The lowest BCUT2D eigenvalue weighted by molar-refractivity contribution is -0.140. The molecule has 1 aliphatic heterocycles. The van der Waals surface area contributed by atoms with E-state index >= 15 is 0 Å². The molecule has 0 atom stereocenters. The molecule has 2 amide bonds. The maximum absolute atomic E-state index is 12.4. The van der Waals surface area contributed by atoms with Gasteiger partial charge in [-0.25, -0.2) is 19.8 Å². The molecule has 1 aliphatic rings. The number of ether oxygens (including phenoxy) is 3. The van der Waals surface area contributed by atoms with E-state index in [4.69, 9.17) is 14.2 Å². The number of nitrogens with zero attached hydrogens (tertiary/aromatic N) is 1. The van der Waals surface area contributed by atoms with Crippen molar-refractivity contribution in [1.82, 2.24) is 15.8 Å². The molecule has 9 nitrogen and oxygen atoms in total. The first-order valence-electron chi connectivity index (χ1n) is 8.09. The number of nitrogens with one attached hydrogen (secondary N) is 2. The van der Waals surface area contributed by atoms with Crippen LogP contribution in [0.3, 0.4) is 0 Å². The maximum atomic E-state index is 12.4. The quantitative estimate of drug-likeness (QED) is 0.338. The summed E-state index contributed by atoms with van der Waals surface area (Å²) in [6.07, 6.45) is 0.581. The Hall–Kier alpha value is -2.45. The van der Waals surface area contributed by atoms with Crippen LogP contribution in [-0.4, -0.2) is 49.5 Å². The smallest absolute Gasteiger partial charge is 0.433 e.